The molecule has 1 aliphatic heterocycles. The molecule has 0 N–H and O–H groups in total. The van der Waals surface area contributed by atoms with Crippen molar-refractivity contribution in [3.63, 3.8) is 0 Å². The average Bonchev–Trinajstić information content (AvgIpc) is 3.49. The largest absolute Gasteiger partial charge is 0.461 e. The van der Waals surface area contributed by atoms with Crippen LogP contribution in [0.5, 0.6) is 5.75 Å². The smallest absolute Gasteiger partial charge is 0.160 e. The summed E-state index contributed by atoms with van der Waals surface area (Å²) in [6.45, 7) is 0. The van der Waals surface area contributed by atoms with Gasteiger partial charge in [-0.1, -0.05) is 152 Å². The summed E-state index contributed by atoms with van der Waals surface area (Å²) in [5, 5.41) is 0. The molecule has 0 amide bonds. The molecule has 0 saturated carbocycles. The minimum Gasteiger partial charge on any atom is -0.461 e. The fourth-order valence-electron chi connectivity index (χ4n) is 8.34. The first-order valence-electron chi connectivity index (χ1n) is 17.3. The summed E-state index contributed by atoms with van der Waals surface area (Å²) in [6.07, 6.45) is 3.98. The van der Waals surface area contributed by atoms with Gasteiger partial charge in [-0.25, -0.2) is 9.97 Å². The SMILES string of the molecule is C1=C(c2cc(-c3ccccc3-c3ccccc3)nc(-c3ccccc3)n2)CCC2=C1C1(c3ccccc3O2)c2ccccc2-c2ccccc21. The molecule has 7 aromatic rings. The first-order chi connectivity index (χ1) is 24.8. The van der Waals surface area contributed by atoms with E-state index in [0.717, 1.165) is 63.8 Å². The van der Waals surface area contributed by atoms with E-state index in [-0.39, 0.29) is 0 Å². The Morgan fingerprint density at radius 2 is 1.00 bits per heavy atom. The summed E-state index contributed by atoms with van der Waals surface area (Å²) in [6, 6.07) is 58.0. The third kappa shape index (κ3) is 4.30. The second kappa shape index (κ2) is 11.4. The van der Waals surface area contributed by atoms with Crippen LogP contribution in [0.2, 0.25) is 0 Å². The minimum atomic E-state index is -0.499. The molecule has 2 heterocycles. The topological polar surface area (TPSA) is 35.0 Å². The van der Waals surface area contributed by atoms with Crippen molar-refractivity contribution in [2.45, 2.75) is 18.3 Å². The van der Waals surface area contributed by atoms with Crippen molar-refractivity contribution in [2.24, 2.45) is 0 Å². The molecule has 0 atom stereocenters. The van der Waals surface area contributed by atoms with Crippen molar-refractivity contribution in [3.05, 3.63) is 204 Å². The van der Waals surface area contributed by atoms with E-state index in [1.165, 1.54) is 39.0 Å². The Hall–Kier alpha value is -6.32. The Balaban J connectivity index is 1.21. The Labute approximate surface area is 291 Å². The highest BCUT2D eigenvalue weighted by molar-refractivity contribution is 5.90. The van der Waals surface area contributed by atoms with E-state index in [2.05, 4.69) is 164 Å². The number of nitrogens with zero attached hydrogens (tertiary/aromatic N) is 2. The van der Waals surface area contributed by atoms with Gasteiger partial charge in [0.15, 0.2) is 5.82 Å². The molecule has 6 aromatic carbocycles. The monoisotopic (exact) mass is 640 g/mol. The molecule has 1 spiro atoms. The van der Waals surface area contributed by atoms with Gasteiger partial charge in [-0.15, -0.1) is 0 Å². The van der Waals surface area contributed by atoms with Crippen molar-refractivity contribution < 1.29 is 4.74 Å². The van der Waals surface area contributed by atoms with E-state index in [4.69, 9.17) is 14.7 Å². The van der Waals surface area contributed by atoms with Crippen LogP contribution in [0.25, 0.3) is 50.5 Å². The molecule has 1 aromatic heterocycles. The van der Waals surface area contributed by atoms with E-state index in [9.17, 15) is 0 Å². The summed E-state index contributed by atoms with van der Waals surface area (Å²) < 4.78 is 6.79. The zero-order valence-corrected chi connectivity index (χ0v) is 27.4. The lowest BCUT2D eigenvalue weighted by Crippen LogP contribution is -2.35. The maximum absolute atomic E-state index is 6.79. The lowest BCUT2D eigenvalue weighted by atomic mass is 9.64. The summed E-state index contributed by atoms with van der Waals surface area (Å²) in [5.74, 6) is 2.69. The number of hydrogen-bond acceptors (Lipinski definition) is 3. The van der Waals surface area contributed by atoms with Gasteiger partial charge in [0, 0.05) is 28.7 Å². The maximum Gasteiger partial charge on any atom is 0.160 e. The molecule has 3 nitrogen and oxygen atoms in total. The summed E-state index contributed by atoms with van der Waals surface area (Å²) in [7, 11) is 0. The predicted molar refractivity (Wildman–Crippen MR) is 201 cm³/mol. The molecule has 0 unspecified atom stereocenters. The van der Waals surface area contributed by atoms with Gasteiger partial charge in [-0.2, -0.15) is 0 Å². The summed E-state index contributed by atoms with van der Waals surface area (Å²) in [4.78, 5) is 10.5. The molecule has 0 radical (unpaired) electrons. The van der Waals surface area contributed by atoms with E-state index in [1.807, 2.05) is 6.07 Å². The van der Waals surface area contributed by atoms with Gasteiger partial charge in [-0.05, 0) is 63.6 Å². The van der Waals surface area contributed by atoms with Gasteiger partial charge in [0.05, 0.1) is 16.8 Å². The number of ether oxygens (including phenoxy) is 1. The molecule has 0 saturated heterocycles. The fraction of sp³-hybridized carbons (Fsp3) is 0.0638. The first kappa shape index (κ1) is 28.7. The van der Waals surface area contributed by atoms with Gasteiger partial charge >= 0.3 is 0 Å². The van der Waals surface area contributed by atoms with Crippen LogP contribution in [0.1, 0.15) is 35.2 Å². The second-order valence-electron chi connectivity index (χ2n) is 13.2. The highest BCUT2D eigenvalue weighted by atomic mass is 16.5. The standard InChI is InChI=1S/C47H32N2O/c1-3-15-31(16-4-1)34-19-7-8-22-37(34)43-30-42(48-46(49-43)32-17-5-2-6-18-32)33-27-28-45-41(29-33)47(40-25-13-14-26-44(40)50-45)38-23-11-9-20-35(38)36-21-10-12-24-39(36)47/h1-26,29-30H,27-28H2. The molecular formula is C47H32N2O. The fourth-order valence-corrected chi connectivity index (χ4v) is 8.34. The van der Waals surface area contributed by atoms with Crippen molar-refractivity contribution in [1.82, 2.24) is 9.97 Å². The minimum absolute atomic E-state index is 0.499. The normalized spacial score (nSPS) is 15.0. The molecule has 2 aliphatic carbocycles. The summed E-state index contributed by atoms with van der Waals surface area (Å²) in [5.41, 5.74) is 14.5. The number of hydrogen-bond donors (Lipinski definition) is 0. The Kier molecular flexibility index (Phi) is 6.53. The highest BCUT2D eigenvalue weighted by Crippen LogP contribution is 2.62. The van der Waals surface area contributed by atoms with Crippen LogP contribution in [0, 0.1) is 0 Å². The number of fused-ring (bicyclic) bond motifs is 8. The number of benzene rings is 6. The van der Waals surface area contributed by atoms with E-state index in [0.29, 0.717) is 0 Å². The molecular weight excluding hydrogens is 609 g/mol. The van der Waals surface area contributed by atoms with Crippen LogP contribution in [-0.2, 0) is 5.41 Å². The lowest BCUT2D eigenvalue weighted by Gasteiger charge is -2.41. The van der Waals surface area contributed by atoms with Gasteiger partial charge in [0.1, 0.15) is 11.5 Å². The first-order valence-corrected chi connectivity index (χ1v) is 17.3. The van der Waals surface area contributed by atoms with Crippen LogP contribution >= 0.6 is 0 Å². The van der Waals surface area contributed by atoms with Crippen LogP contribution < -0.4 is 4.74 Å². The van der Waals surface area contributed by atoms with Crippen LogP contribution in [0.15, 0.2) is 181 Å². The van der Waals surface area contributed by atoms with E-state index >= 15 is 0 Å². The lowest BCUT2D eigenvalue weighted by molar-refractivity contribution is 0.365. The number of para-hydroxylation sites is 1. The third-order valence-corrected chi connectivity index (χ3v) is 10.5. The highest BCUT2D eigenvalue weighted by Gasteiger charge is 2.52. The van der Waals surface area contributed by atoms with Crippen molar-refractivity contribution in [1.29, 1.82) is 0 Å². The van der Waals surface area contributed by atoms with Crippen molar-refractivity contribution >= 4 is 5.57 Å². The van der Waals surface area contributed by atoms with Crippen LogP contribution in [0.3, 0.4) is 0 Å². The van der Waals surface area contributed by atoms with Crippen molar-refractivity contribution in [3.8, 4) is 50.6 Å². The van der Waals surface area contributed by atoms with Gasteiger partial charge in [0.2, 0.25) is 0 Å². The van der Waals surface area contributed by atoms with Gasteiger partial charge in [0.25, 0.3) is 0 Å². The Morgan fingerprint density at radius 1 is 0.460 bits per heavy atom. The average molecular weight is 641 g/mol. The Morgan fingerprint density at radius 3 is 1.70 bits per heavy atom. The van der Waals surface area contributed by atoms with Crippen LogP contribution in [-0.4, -0.2) is 9.97 Å². The predicted octanol–water partition coefficient (Wildman–Crippen LogP) is 11.3. The maximum atomic E-state index is 6.79. The molecule has 0 fully saturated rings. The van der Waals surface area contributed by atoms with Crippen molar-refractivity contribution in [2.75, 3.05) is 0 Å². The van der Waals surface area contributed by atoms with Crippen LogP contribution in [0.4, 0.5) is 0 Å². The quantitative estimate of drug-likeness (QED) is 0.192. The van der Waals surface area contributed by atoms with E-state index < -0.39 is 5.41 Å². The molecule has 3 aliphatic rings. The van der Waals surface area contributed by atoms with E-state index in [1.54, 1.807) is 0 Å². The third-order valence-electron chi connectivity index (χ3n) is 10.5. The second-order valence-corrected chi connectivity index (χ2v) is 13.2. The van der Waals surface area contributed by atoms with Gasteiger partial charge in [-0.3, -0.25) is 0 Å². The number of aromatic nitrogens is 2. The summed E-state index contributed by atoms with van der Waals surface area (Å²) >= 11 is 0. The Bertz CT molecular complexity index is 2470. The molecule has 3 heteroatoms. The molecule has 0 bridgehead atoms. The molecule has 50 heavy (non-hydrogen) atoms. The molecule has 10 rings (SSSR count). The van der Waals surface area contributed by atoms with Gasteiger partial charge < -0.3 is 4.74 Å². The zero-order chi connectivity index (χ0) is 33.1. The number of allylic oxidation sites excluding steroid dienone is 4. The zero-order valence-electron chi connectivity index (χ0n) is 27.4. The number of rotatable bonds is 4. The molecule has 236 valence electrons.